The summed E-state index contributed by atoms with van der Waals surface area (Å²) in [6.07, 6.45) is 8.16. The molecule has 15 heavy (non-hydrogen) atoms. The SMILES string of the molecule is CC(C)C[C@H](N)CN1CCCCCCC1. The molecular weight excluding hydrogens is 184 g/mol. The van der Waals surface area contributed by atoms with Crippen molar-refractivity contribution in [3.8, 4) is 0 Å². The summed E-state index contributed by atoms with van der Waals surface area (Å²) in [6.45, 7) is 8.16. The Morgan fingerprint density at radius 1 is 1.00 bits per heavy atom. The molecular formula is C13H28N2. The summed E-state index contributed by atoms with van der Waals surface area (Å²) >= 11 is 0. The maximum Gasteiger partial charge on any atom is 0.0170 e. The zero-order valence-corrected chi connectivity index (χ0v) is 10.5. The van der Waals surface area contributed by atoms with Crippen molar-refractivity contribution in [1.82, 2.24) is 4.90 Å². The molecule has 0 aliphatic carbocycles. The fourth-order valence-corrected chi connectivity index (χ4v) is 2.51. The summed E-state index contributed by atoms with van der Waals surface area (Å²) in [6, 6.07) is 0.379. The maximum absolute atomic E-state index is 6.15. The predicted molar refractivity (Wildman–Crippen MR) is 67.0 cm³/mol. The molecule has 1 heterocycles. The van der Waals surface area contributed by atoms with Gasteiger partial charge >= 0.3 is 0 Å². The van der Waals surface area contributed by atoms with E-state index in [9.17, 15) is 0 Å². The average Bonchev–Trinajstić information content (AvgIpc) is 2.08. The van der Waals surface area contributed by atoms with Crippen molar-refractivity contribution in [2.45, 2.75) is 58.4 Å². The van der Waals surface area contributed by atoms with Crippen LogP contribution in [-0.4, -0.2) is 30.6 Å². The summed E-state index contributed by atoms with van der Waals surface area (Å²) in [5, 5.41) is 0. The molecule has 0 bridgehead atoms. The Bertz CT molecular complexity index is 149. The van der Waals surface area contributed by atoms with Crippen molar-refractivity contribution in [1.29, 1.82) is 0 Å². The molecule has 1 rings (SSSR count). The van der Waals surface area contributed by atoms with Gasteiger partial charge in [-0.1, -0.05) is 33.1 Å². The van der Waals surface area contributed by atoms with E-state index in [1.807, 2.05) is 0 Å². The Labute approximate surface area is 95.2 Å². The third-order valence-corrected chi connectivity index (χ3v) is 3.22. The average molecular weight is 212 g/mol. The maximum atomic E-state index is 6.15. The molecule has 0 spiro atoms. The predicted octanol–water partition coefficient (Wildman–Crippen LogP) is 2.63. The molecule has 1 atom stereocenters. The van der Waals surface area contributed by atoms with E-state index >= 15 is 0 Å². The van der Waals surface area contributed by atoms with Crippen molar-refractivity contribution in [2.24, 2.45) is 11.7 Å². The lowest BCUT2D eigenvalue weighted by molar-refractivity contribution is 0.225. The van der Waals surface area contributed by atoms with E-state index in [2.05, 4.69) is 18.7 Å². The van der Waals surface area contributed by atoms with E-state index in [-0.39, 0.29) is 0 Å². The minimum absolute atomic E-state index is 0.379. The van der Waals surface area contributed by atoms with Crippen LogP contribution in [0.4, 0.5) is 0 Å². The van der Waals surface area contributed by atoms with Gasteiger partial charge in [-0.3, -0.25) is 0 Å². The Kier molecular flexibility index (Phi) is 6.26. The van der Waals surface area contributed by atoms with E-state index in [1.165, 1.54) is 45.2 Å². The second kappa shape index (κ2) is 7.24. The first-order valence-corrected chi connectivity index (χ1v) is 6.66. The molecule has 0 amide bonds. The fourth-order valence-electron chi connectivity index (χ4n) is 2.51. The van der Waals surface area contributed by atoms with Crippen LogP contribution in [0.3, 0.4) is 0 Å². The summed E-state index contributed by atoms with van der Waals surface area (Å²) in [5.74, 6) is 0.731. The topological polar surface area (TPSA) is 29.3 Å². The second-order valence-electron chi connectivity index (χ2n) is 5.46. The van der Waals surface area contributed by atoms with Gasteiger partial charge < -0.3 is 10.6 Å². The third-order valence-electron chi connectivity index (χ3n) is 3.22. The van der Waals surface area contributed by atoms with Crippen molar-refractivity contribution in [3.05, 3.63) is 0 Å². The van der Waals surface area contributed by atoms with Crippen LogP contribution in [-0.2, 0) is 0 Å². The third kappa shape index (κ3) is 6.16. The molecule has 2 nitrogen and oxygen atoms in total. The van der Waals surface area contributed by atoms with Gasteiger partial charge in [0.2, 0.25) is 0 Å². The Balaban J connectivity index is 2.21. The quantitative estimate of drug-likeness (QED) is 0.776. The molecule has 2 heteroatoms. The molecule has 1 aliphatic heterocycles. The van der Waals surface area contributed by atoms with Crippen LogP contribution in [0.5, 0.6) is 0 Å². The normalized spacial score (nSPS) is 22.4. The number of hydrogen-bond donors (Lipinski definition) is 1. The molecule has 0 aromatic rings. The van der Waals surface area contributed by atoms with Gasteiger partial charge in [0.05, 0.1) is 0 Å². The Hall–Kier alpha value is -0.0800. The fraction of sp³-hybridized carbons (Fsp3) is 1.00. The molecule has 0 aromatic carbocycles. The van der Waals surface area contributed by atoms with E-state index < -0.39 is 0 Å². The first-order chi connectivity index (χ1) is 7.18. The van der Waals surface area contributed by atoms with Gasteiger partial charge in [0.25, 0.3) is 0 Å². The number of likely N-dealkylation sites (tertiary alicyclic amines) is 1. The van der Waals surface area contributed by atoms with E-state index in [1.54, 1.807) is 0 Å². The summed E-state index contributed by atoms with van der Waals surface area (Å²) in [4.78, 5) is 2.58. The lowest BCUT2D eigenvalue weighted by atomic mass is 10.0. The van der Waals surface area contributed by atoms with E-state index in [0.717, 1.165) is 18.9 Å². The van der Waals surface area contributed by atoms with Crippen molar-refractivity contribution >= 4 is 0 Å². The first-order valence-electron chi connectivity index (χ1n) is 6.66. The standard InChI is InChI=1S/C13H28N2/c1-12(2)10-13(14)11-15-8-6-4-3-5-7-9-15/h12-13H,3-11,14H2,1-2H3/t13-/m0/s1. The van der Waals surface area contributed by atoms with Gasteiger partial charge in [-0.2, -0.15) is 0 Å². The van der Waals surface area contributed by atoms with Crippen LogP contribution in [0, 0.1) is 5.92 Å². The van der Waals surface area contributed by atoms with Crippen molar-refractivity contribution in [2.75, 3.05) is 19.6 Å². The molecule has 0 unspecified atom stereocenters. The zero-order chi connectivity index (χ0) is 11.1. The Morgan fingerprint density at radius 3 is 2.07 bits per heavy atom. The smallest absolute Gasteiger partial charge is 0.0170 e. The summed E-state index contributed by atoms with van der Waals surface area (Å²) < 4.78 is 0. The minimum Gasteiger partial charge on any atom is -0.327 e. The van der Waals surface area contributed by atoms with Crippen molar-refractivity contribution in [3.63, 3.8) is 0 Å². The number of rotatable bonds is 4. The molecule has 1 fully saturated rings. The lowest BCUT2D eigenvalue weighted by Crippen LogP contribution is -2.39. The van der Waals surface area contributed by atoms with Gasteiger partial charge in [-0.25, -0.2) is 0 Å². The highest BCUT2D eigenvalue weighted by Gasteiger charge is 2.12. The number of nitrogens with two attached hydrogens (primary N) is 1. The van der Waals surface area contributed by atoms with Gasteiger partial charge in [0, 0.05) is 12.6 Å². The van der Waals surface area contributed by atoms with E-state index in [0.29, 0.717) is 6.04 Å². The molecule has 1 aliphatic rings. The van der Waals surface area contributed by atoms with Crippen LogP contribution < -0.4 is 5.73 Å². The molecule has 0 radical (unpaired) electrons. The van der Waals surface area contributed by atoms with Crippen LogP contribution in [0.2, 0.25) is 0 Å². The highest BCUT2D eigenvalue weighted by Crippen LogP contribution is 2.12. The second-order valence-corrected chi connectivity index (χ2v) is 5.46. The minimum atomic E-state index is 0.379. The molecule has 0 saturated carbocycles. The van der Waals surface area contributed by atoms with Crippen molar-refractivity contribution < 1.29 is 0 Å². The largest absolute Gasteiger partial charge is 0.327 e. The summed E-state index contributed by atoms with van der Waals surface area (Å²) in [7, 11) is 0. The molecule has 0 aromatic heterocycles. The molecule has 1 saturated heterocycles. The zero-order valence-electron chi connectivity index (χ0n) is 10.5. The van der Waals surface area contributed by atoms with Crippen LogP contribution in [0.15, 0.2) is 0 Å². The first kappa shape index (κ1) is 13.0. The summed E-state index contributed by atoms with van der Waals surface area (Å²) in [5.41, 5.74) is 6.15. The van der Waals surface area contributed by atoms with Crippen LogP contribution in [0.1, 0.15) is 52.4 Å². The Morgan fingerprint density at radius 2 is 1.53 bits per heavy atom. The van der Waals surface area contributed by atoms with Gasteiger partial charge in [-0.15, -0.1) is 0 Å². The van der Waals surface area contributed by atoms with Crippen LogP contribution >= 0.6 is 0 Å². The monoisotopic (exact) mass is 212 g/mol. The molecule has 2 N–H and O–H groups in total. The van der Waals surface area contributed by atoms with Gasteiger partial charge in [-0.05, 0) is 38.3 Å². The number of nitrogens with zero attached hydrogens (tertiary/aromatic N) is 1. The van der Waals surface area contributed by atoms with Gasteiger partial charge in [0.15, 0.2) is 0 Å². The van der Waals surface area contributed by atoms with Gasteiger partial charge in [0.1, 0.15) is 0 Å². The highest BCUT2D eigenvalue weighted by atomic mass is 15.1. The van der Waals surface area contributed by atoms with Crippen LogP contribution in [0.25, 0.3) is 0 Å². The molecule has 90 valence electrons. The lowest BCUT2D eigenvalue weighted by Gasteiger charge is -2.27. The number of hydrogen-bond acceptors (Lipinski definition) is 2. The highest BCUT2D eigenvalue weighted by molar-refractivity contribution is 4.71. The van der Waals surface area contributed by atoms with E-state index in [4.69, 9.17) is 5.73 Å².